The van der Waals surface area contributed by atoms with Crippen LogP contribution in [0.3, 0.4) is 0 Å². The number of carbonyl (C=O) groups is 1. The molecular weight excluding hydrogens is 412 g/mol. The van der Waals surface area contributed by atoms with Crippen LogP contribution in [-0.2, 0) is 4.79 Å². The molecule has 1 aliphatic rings. The van der Waals surface area contributed by atoms with Crippen LogP contribution in [0.1, 0.15) is 24.8 Å². The fraction of sp³-hybridized carbons (Fsp3) is 0.435. The Labute approximate surface area is 186 Å². The highest BCUT2D eigenvalue weighted by molar-refractivity contribution is 7.99. The van der Waals surface area contributed by atoms with Crippen molar-refractivity contribution in [1.82, 2.24) is 19.8 Å². The molecule has 2 aromatic heterocycles. The molecule has 0 unspecified atom stereocenters. The summed E-state index contributed by atoms with van der Waals surface area (Å²) in [6, 6.07) is 8.94. The fourth-order valence-corrected chi connectivity index (χ4v) is 5.82. The summed E-state index contributed by atoms with van der Waals surface area (Å²) < 4.78 is 0. The molecule has 0 atom stereocenters. The van der Waals surface area contributed by atoms with Gasteiger partial charge in [-0.1, -0.05) is 29.8 Å². The normalized spacial score (nSPS) is 15.6. The molecule has 1 fully saturated rings. The van der Waals surface area contributed by atoms with E-state index in [1.54, 1.807) is 29.4 Å². The number of fused-ring (bicyclic) bond motifs is 1. The molecule has 0 bridgehead atoms. The maximum absolute atomic E-state index is 12.7. The monoisotopic (exact) mass is 440 g/mol. The Hall–Kier alpha value is -1.96. The van der Waals surface area contributed by atoms with Crippen LogP contribution in [0, 0.1) is 6.92 Å². The van der Waals surface area contributed by atoms with Crippen LogP contribution in [0.4, 0.5) is 0 Å². The summed E-state index contributed by atoms with van der Waals surface area (Å²) in [4.78, 5) is 27.0. The van der Waals surface area contributed by atoms with E-state index in [2.05, 4.69) is 58.5 Å². The number of thiophene rings is 1. The van der Waals surface area contributed by atoms with Gasteiger partial charge in [-0.3, -0.25) is 4.79 Å². The van der Waals surface area contributed by atoms with E-state index in [9.17, 15) is 4.79 Å². The van der Waals surface area contributed by atoms with Crippen molar-refractivity contribution in [2.45, 2.75) is 37.3 Å². The number of hydrogen-bond donors (Lipinski definition) is 0. The van der Waals surface area contributed by atoms with Crippen LogP contribution < -0.4 is 0 Å². The lowest BCUT2D eigenvalue weighted by Gasteiger charge is -2.35. The number of hydrogen-bond acceptors (Lipinski definition) is 6. The number of rotatable bonds is 6. The molecule has 30 heavy (non-hydrogen) atoms. The Morgan fingerprint density at radius 1 is 1.23 bits per heavy atom. The van der Waals surface area contributed by atoms with Gasteiger partial charge in [0.1, 0.15) is 16.2 Å². The summed E-state index contributed by atoms with van der Waals surface area (Å²) in [6.07, 6.45) is 4.29. The summed E-state index contributed by atoms with van der Waals surface area (Å²) >= 11 is 3.31. The number of piperidine rings is 1. The van der Waals surface area contributed by atoms with Crippen molar-refractivity contribution in [3.05, 3.63) is 41.5 Å². The highest BCUT2D eigenvalue weighted by Crippen LogP contribution is 2.38. The SMILES string of the molecule is Cc1ccc(-c2csc3ncnc(SCCC(=O)N(C)C4CCN(C)CC4)c23)cc1. The van der Waals surface area contributed by atoms with Gasteiger partial charge in [-0.15, -0.1) is 23.1 Å². The lowest BCUT2D eigenvalue weighted by atomic mass is 10.0. The molecule has 1 aromatic carbocycles. The van der Waals surface area contributed by atoms with Crippen molar-refractivity contribution in [2.24, 2.45) is 0 Å². The third-order valence-electron chi connectivity index (χ3n) is 5.88. The van der Waals surface area contributed by atoms with E-state index in [-0.39, 0.29) is 5.91 Å². The highest BCUT2D eigenvalue weighted by Gasteiger charge is 2.23. The van der Waals surface area contributed by atoms with Crippen molar-refractivity contribution in [3.63, 3.8) is 0 Å². The van der Waals surface area contributed by atoms with Gasteiger partial charge in [0.15, 0.2) is 0 Å². The number of aromatic nitrogens is 2. The average molecular weight is 441 g/mol. The van der Waals surface area contributed by atoms with Gasteiger partial charge in [0.25, 0.3) is 0 Å². The molecule has 0 saturated carbocycles. The van der Waals surface area contributed by atoms with Crippen molar-refractivity contribution in [1.29, 1.82) is 0 Å². The fourth-order valence-electron chi connectivity index (χ4n) is 3.90. The zero-order chi connectivity index (χ0) is 21.1. The molecular formula is C23H28N4OS2. The molecule has 0 N–H and O–H groups in total. The summed E-state index contributed by atoms with van der Waals surface area (Å²) in [5.74, 6) is 0.955. The first-order chi connectivity index (χ1) is 14.5. The second-order valence-corrected chi connectivity index (χ2v) is 9.95. The van der Waals surface area contributed by atoms with E-state index >= 15 is 0 Å². The third kappa shape index (κ3) is 4.68. The van der Waals surface area contributed by atoms with Gasteiger partial charge in [0.2, 0.25) is 5.91 Å². The number of likely N-dealkylation sites (tertiary alicyclic amines) is 1. The second-order valence-electron chi connectivity index (χ2n) is 8.01. The molecule has 3 heterocycles. The van der Waals surface area contributed by atoms with Gasteiger partial charge in [-0.25, -0.2) is 9.97 Å². The van der Waals surface area contributed by atoms with Gasteiger partial charge < -0.3 is 9.80 Å². The minimum atomic E-state index is 0.228. The first-order valence-corrected chi connectivity index (χ1v) is 12.3. The molecule has 158 valence electrons. The van der Waals surface area contributed by atoms with Gasteiger partial charge in [-0.05, 0) is 45.5 Å². The van der Waals surface area contributed by atoms with Gasteiger partial charge >= 0.3 is 0 Å². The van der Waals surface area contributed by atoms with E-state index in [1.165, 1.54) is 16.7 Å². The van der Waals surface area contributed by atoms with Gasteiger partial charge in [0, 0.05) is 36.2 Å². The summed E-state index contributed by atoms with van der Waals surface area (Å²) in [5.41, 5.74) is 3.60. The molecule has 7 heteroatoms. The smallest absolute Gasteiger partial charge is 0.223 e. The Morgan fingerprint density at radius 3 is 2.70 bits per heavy atom. The number of amides is 1. The molecule has 5 nitrogen and oxygen atoms in total. The van der Waals surface area contributed by atoms with Crippen molar-refractivity contribution < 1.29 is 4.79 Å². The minimum Gasteiger partial charge on any atom is -0.343 e. The number of benzene rings is 1. The van der Waals surface area contributed by atoms with E-state index < -0.39 is 0 Å². The summed E-state index contributed by atoms with van der Waals surface area (Å²) in [5, 5.41) is 4.23. The van der Waals surface area contributed by atoms with Crippen LogP contribution >= 0.6 is 23.1 Å². The van der Waals surface area contributed by atoms with E-state index in [0.29, 0.717) is 12.5 Å². The average Bonchev–Trinajstić information content (AvgIpc) is 3.19. The lowest BCUT2D eigenvalue weighted by molar-refractivity contribution is -0.132. The van der Waals surface area contributed by atoms with Gasteiger partial charge in [-0.2, -0.15) is 0 Å². The van der Waals surface area contributed by atoms with Crippen LogP contribution in [-0.4, -0.2) is 64.7 Å². The van der Waals surface area contributed by atoms with Crippen LogP contribution in [0.15, 0.2) is 41.0 Å². The van der Waals surface area contributed by atoms with E-state index in [4.69, 9.17) is 0 Å². The van der Waals surface area contributed by atoms with Crippen LogP contribution in [0.25, 0.3) is 21.3 Å². The highest BCUT2D eigenvalue weighted by atomic mass is 32.2. The van der Waals surface area contributed by atoms with Crippen molar-refractivity contribution in [2.75, 3.05) is 32.9 Å². The molecule has 1 saturated heterocycles. The van der Waals surface area contributed by atoms with Crippen LogP contribution in [0.5, 0.6) is 0 Å². The summed E-state index contributed by atoms with van der Waals surface area (Å²) in [7, 11) is 4.10. The van der Waals surface area contributed by atoms with Gasteiger partial charge in [0.05, 0.1) is 5.39 Å². The molecule has 0 aliphatic carbocycles. The Kier molecular flexibility index (Phi) is 6.71. The largest absolute Gasteiger partial charge is 0.343 e. The Bertz CT molecular complexity index is 1010. The maximum Gasteiger partial charge on any atom is 0.223 e. The molecule has 1 amide bonds. The predicted octanol–water partition coefficient (Wildman–Crippen LogP) is 4.70. The standard InChI is InChI=1S/C23H28N4OS2/c1-16-4-6-17(7-5-16)19-14-30-23-21(19)22(24-15-25-23)29-13-10-20(28)27(3)18-8-11-26(2)12-9-18/h4-7,14-15,18H,8-13H2,1-3H3. The summed E-state index contributed by atoms with van der Waals surface area (Å²) in [6.45, 7) is 4.23. The minimum absolute atomic E-state index is 0.228. The third-order valence-corrected chi connectivity index (χ3v) is 7.76. The Morgan fingerprint density at radius 2 is 1.97 bits per heavy atom. The lowest BCUT2D eigenvalue weighted by Crippen LogP contribution is -2.44. The predicted molar refractivity (Wildman–Crippen MR) is 126 cm³/mol. The quantitative estimate of drug-likeness (QED) is 0.411. The number of carbonyl (C=O) groups excluding carboxylic acids is 1. The van der Waals surface area contributed by atoms with E-state index in [0.717, 1.165) is 46.9 Å². The van der Waals surface area contributed by atoms with Crippen molar-refractivity contribution >= 4 is 39.2 Å². The number of aryl methyl sites for hydroxylation is 1. The first kappa shape index (κ1) is 21.3. The second kappa shape index (κ2) is 9.45. The molecule has 1 aliphatic heterocycles. The van der Waals surface area contributed by atoms with Crippen molar-refractivity contribution in [3.8, 4) is 11.1 Å². The molecule has 3 aromatic rings. The molecule has 0 spiro atoms. The van der Waals surface area contributed by atoms with Crippen LogP contribution in [0.2, 0.25) is 0 Å². The molecule has 4 rings (SSSR count). The molecule has 0 radical (unpaired) electrons. The Balaban J connectivity index is 1.43. The number of nitrogens with zero attached hydrogens (tertiary/aromatic N) is 4. The maximum atomic E-state index is 12.7. The van der Waals surface area contributed by atoms with E-state index in [1.807, 2.05) is 11.9 Å². The zero-order valence-corrected chi connectivity index (χ0v) is 19.4. The topological polar surface area (TPSA) is 49.3 Å². The zero-order valence-electron chi connectivity index (χ0n) is 17.8. The first-order valence-electron chi connectivity index (χ1n) is 10.4. The number of thioether (sulfide) groups is 1.